The molecule has 0 saturated carbocycles. The summed E-state index contributed by atoms with van der Waals surface area (Å²) in [6.45, 7) is 5.51. The van der Waals surface area contributed by atoms with Gasteiger partial charge in [0, 0.05) is 29.0 Å². The highest BCUT2D eigenvalue weighted by Crippen LogP contribution is 2.39. The lowest BCUT2D eigenvalue weighted by Crippen LogP contribution is -2.32. The van der Waals surface area contributed by atoms with Crippen LogP contribution in [0.25, 0.3) is 10.9 Å². The van der Waals surface area contributed by atoms with E-state index in [9.17, 15) is 18.4 Å². The van der Waals surface area contributed by atoms with Crippen LogP contribution in [-0.4, -0.2) is 16.8 Å². The van der Waals surface area contributed by atoms with E-state index in [2.05, 4.69) is 4.98 Å². The lowest BCUT2D eigenvalue weighted by atomic mass is 10.0. The van der Waals surface area contributed by atoms with Gasteiger partial charge in [-0.15, -0.1) is 0 Å². The standard InChI is InChI=1S/C18H15ClF2N2O2/c1-8-5-6-11-12(18(4,20)21)7-13(22-15(11)14(8)19)23-16(24)9(2)10(3)17(23)25/h5-7H,1-4H3. The van der Waals surface area contributed by atoms with E-state index in [1.165, 1.54) is 19.9 Å². The zero-order valence-electron chi connectivity index (χ0n) is 14.1. The second-order valence-corrected chi connectivity index (χ2v) is 6.58. The molecule has 1 aliphatic heterocycles. The average molecular weight is 365 g/mol. The number of hydrogen-bond donors (Lipinski definition) is 0. The molecule has 7 heteroatoms. The minimum Gasteiger partial charge on any atom is -0.269 e. The number of alkyl halides is 2. The third-order valence-electron chi connectivity index (χ3n) is 4.41. The van der Waals surface area contributed by atoms with Crippen LogP contribution in [0.15, 0.2) is 29.3 Å². The molecule has 1 aliphatic rings. The Hall–Kier alpha value is -2.34. The van der Waals surface area contributed by atoms with E-state index in [0.29, 0.717) is 5.56 Å². The van der Waals surface area contributed by atoms with Crippen molar-refractivity contribution in [1.29, 1.82) is 0 Å². The molecule has 2 heterocycles. The topological polar surface area (TPSA) is 50.3 Å². The van der Waals surface area contributed by atoms with Crippen LogP contribution in [-0.2, 0) is 15.5 Å². The molecule has 0 unspecified atom stereocenters. The Labute approximate surface area is 148 Å². The number of hydrogen-bond acceptors (Lipinski definition) is 3. The third-order valence-corrected chi connectivity index (χ3v) is 4.89. The van der Waals surface area contributed by atoms with Crippen LogP contribution >= 0.6 is 11.6 Å². The van der Waals surface area contributed by atoms with Crippen molar-refractivity contribution in [1.82, 2.24) is 4.98 Å². The number of rotatable bonds is 2. The molecule has 2 aromatic rings. The van der Waals surface area contributed by atoms with Crippen LogP contribution in [0.4, 0.5) is 14.6 Å². The Balaban J connectivity index is 2.33. The van der Waals surface area contributed by atoms with Gasteiger partial charge in [-0.1, -0.05) is 23.7 Å². The number of pyridine rings is 1. The molecule has 130 valence electrons. The van der Waals surface area contributed by atoms with E-state index in [-0.39, 0.29) is 38.5 Å². The van der Waals surface area contributed by atoms with Crippen molar-refractivity contribution in [2.75, 3.05) is 4.90 Å². The third kappa shape index (κ3) is 2.61. The quantitative estimate of drug-likeness (QED) is 0.736. The first-order valence-electron chi connectivity index (χ1n) is 7.58. The van der Waals surface area contributed by atoms with Gasteiger partial charge in [-0.2, -0.15) is 0 Å². The predicted molar refractivity (Wildman–Crippen MR) is 91.9 cm³/mol. The second kappa shape index (κ2) is 5.59. The number of halogens is 3. The van der Waals surface area contributed by atoms with E-state index < -0.39 is 17.7 Å². The Kier molecular flexibility index (Phi) is 3.91. The SMILES string of the molecule is CC1=C(C)C(=O)N(c2cc(C(C)(F)F)c3ccc(C)c(Cl)c3n2)C1=O. The Morgan fingerprint density at radius 3 is 2.16 bits per heavy atom. The first-order chi connectivity index (χ1) is 11.5. The number of anilines is 1. The maximum Gasteiger partial charge on any atom is 0.271 e. The van der Waals surface area contributed by atoms with Crippen LogP contribution in [0, 0.1) is 6.92 Å². The lowest BCUT2D eigenvalue weighted by molar-refractivity contribution is -0.120. The molecule has 0 radical (unpaired) electrons. The molecule has 0 fully saturated rings. The molecule has 0 aliphatic carbocycles. The normalized spacial score (nSPS) is 15.7. The maximum atomic E-state index is 14.2. The monoisotopic (exact) mass is 364 g/mol. The largest absolute Gasteiger partial charge is 0.271 e. The van der Waals surface area contributed by atoms with Crippen LogP contribution in [0.2, 0.25) is 5.02 Å². The van der Waals surface area contributed by atoms with Crippen molar-refractivity contribution in [2.24, 2.45) is 0 Å². The summed E-state index contributed by atoms with van der Waals surface area (Å²) in [7, 11) is 0. The van der Waals surface area contributed by atoms with Gasteiger partial charge in [0.15, 0.2) is 0 Å². The predicted octanol–water partition coefficient (Wildman–Crippen LogP) is 4.52. The smallest absolute Gasteiger partial charge is 0.269 e. The van der Waals surface area contributed by atoms with Crippen LogP contribution < -0.4 is 4.90 Å². The molecule has 2 amide bonds. The number of imide groups is 1. The molecule has 1 aromatic carbocycles. The van der Waals surface area contributed by atoms with Crippen molar-refractivity contribution in [3.05, 3.63) is 45.5 Å². The van der Waals surface area contributed by atoms with E-state index in [1.54, 1.807) is 13.0 Å². The Morgan fingerprint density at radius 1 is 1.08 bits per heavy atom. The molecule has 0 atom stereocenters. The van der Waals surface area contributed by atoms with Gasteiger partial charge in [-0.3, -0.25) is 9.59 Å². The van der Waals surface area contributed by atoms with Crippen LogP contribution in [0.1, 0.15) is 31.9 Å². The summed E-state index contributed by atoms with van der Waals surface area (Å²) in [5, 5.41) is 0.401. The number of carbonyl (C=O) groups is 2. The summed E-state index contributed by atoms with van der Waals surface area (Å²) in [6.07, 6.45) is 0. The summed E-state index contributed by atoms with van der Waals surface area (Å²) in [5.74, 6) is -4.48. The Bertz CT molecular complexity index is 953. The van der Waals surface area contributed by atoms with Gasteiger partial charge in [0.2, 0.25) is 0 Å². The molecule has 0 spiro atoms. The number of fused-ring (bicyclic) bond motifs is 1. The number of carbonyl (C=O) groups excluding carboxylic acids is 2. The molecular weight excluding hydrogens is 350 g/mol. The molecule has 25 heavy (non-hydrogen) atoms. The minimum atomic E-state index is -3.20. The van der Waals surface area contributed by atoms with Crippen molar-refractivity contribution in [3.8, 4) is 0 Å². The number of amides is 2. The van der Waals surface area contributed by atoms with Crippen molar-refractivity contribution < 1.29 is 18.4 Å². The maximum absolute atomic E-state index is 14.2. The van der Waals surface area contributed by atoms with Crippen molar-refractivity contribution in [3.63, 3.8) is 0 Å². The fourth-order valence-electron chi connectivity index (χ4n) is 2.78. The van der Waals surface area contributed by atoms with Crippen LogP contribution in [0.3, 0.4) is 0 Å². The molecular formula is C18H15ClF2N2O2. The first-order valence-corrected chi connectivity index (χ1v) is 7.96. The zero-order valence-corrected chi connectivity index (χ0v) is 14.8. The van der Waals surface area contributed by atoms with Crippen molar-refractivity contribution in [2.45, 2.75) is 33.6 Å². The van der Waals surface area contributed by atoms with Gasteiger partial charge in [0.1, 0.15) is 5.82 Å². The molecule has 0 N–H and O–H groups in total. The van der Waals surface area contributed by atoms with Crippen molar-refractivity contribution >= 4 is 40.1 Å². The molecule has 3 rings (SSSR count). The lowest BCUT2D eigenvalue weighted by Gasteiger charge is -2.20. The van der Waals surface area contributed by atoms with E-state index in [1.807, 2.05) is 0 Å². The summed E-state index contributed by atoms with van der Waals surface area (Å²) in [4.78, 5) is 29.8. The highest BCUT2D eigenvalue weighted by Gasteiger charge is 2.37. The number of nitrogens with zero attached hydrogens (tertiary/aromatic N) is 2. The van der Waals surface area contributed by atoms with E-state index in [0.717, 1.165) is 17.9 Å². The number of aromatic nitrogens is 1. The zero-order chi connectivity index (χ0) is 18.7. The first kappa shape index (κ1) is 17.5. The molecule has 0 bridgehead atoms. The summed E-state index contributed by atoms with van der Waals surface area (Å²) in [5.41, 5.74) is 1.00. The van der Waals surface area contributed by atoms with E-state index >= 15 is 0 Å². The van der Waals surface area contributed by atoms with E-state index in [4.69, 9.17) is 11.6 Å². The fraction of sp³-hybridized carbons (Fsp3) is 0.278. The molecule has 1 aromatic heterocycles. The average Bonchev–Trinajstić information content (AvgIpc) is 2.73. The number of benzene rings is 1. The van der Waals surface area contributed by atoms with Gasteiger partial charge in [0.05, 0.1) is 10.5 Å². The minimum absolute atomic E-state index is 0.137. The van der Waals surface area contributed by atoms with Crippen LogP contribution in [0.5, 0.6) is 0 Å². The van der Waals surface area contributed by atoms with Gasteiger partial charge in [-0.05, 0) is 32.4 Å². The Morgan fingerprint density at radius 2 is 1.64 bits per heavy atom. The molecule has 4 nitrogen and oxygen atoms in total. The molecule has 0 saturated heterocycles. The summed E-state index contributed by atoms with van der Waals surface area (Å²) in [6, 6.07) is 4.22. The van der Waals surface area contributed by atoms with Gasteiger partial charge in [-0.25, -0.2) is 18.7 Å². The van der Waals surface area contributed by atoms with Gasteiger partial charge < -0.3 is 0 Å². The highest BCUT2D eigenvalue weighted by atomic mass is 35.5. The summed E-state index contributed by atoms with van der Waals surface area (Å²) < 4.78 is 28.3. The van der Waals surface area contributed by atoms with Gasteiger partial charge >= 0.3 is 0 Å². The highest BCUT2D eigenvalue weighted by molar-refractivity contribution is 6.36. The second-order valence-electron chi connectivity index (χ2n) is 6.20. The summed E-state index contributed by atoms with van der Waals surface area (Å²) >= 11 is 6.25. The number of aryl methyl sites for hydroxylation is 1. The fourth-order valence-corrected chi connectivity index (χ4v) is 2.99. The van der Waals surface area contributed by atoms with Gasteiger partial charge in [0.25, 0.3) is 17.7 Å².